The lowest BCUT2D eigenvalue weighted by atomic mass is 9.81. The highest BCUT2D eigenvalue weighted by Gasteiger charge is 2.52. The molecular weight excluding hydrogens is 993 g/mol. The number of nitrogens with one attached hydrogen (secondary N) is 4. The van der Waals surface area contributed by atoms with Crippen LogP contribution in [0.15, 0.2) is 60.7 Å². The smallest absolute Gasteiger partial charge is 0.319 e. The molecule has 2 aromatic carbocycles. The molecule has 4 aliphatic rings. The molecule has 2 saturated heterocycles. The summed E-state index contributed by atoms with van der Waals surface area (Å²) in [7, 11) is -7.09. The van der Waals surface area contributed by atoms with Crippen molar-refractivity contribution in [3.8, 4) is 22.8 Å². The molecule has 23 heteroatoms. The number of carbonyl (C=O) groups excluding carboxylic acids is 2. The highest BCUT2D eigenvalue weighted by Crippen LogP contribution is 2.50. The minimum atomic E-state index is -3.56. The van der Waals surface area contributed by atoms with E-state index in [0.29, 0.717) is 123 Å². The number of hydrogen-bond donors (Lipinski definition) is 7. The van der Waals surface area contributed by atoms with E-state index >= 15 is 0 Å². The van der Waals surface area contributed by atoms with Crippen LogP contribution >= 0.6 is 0 Å². The first-order chi connectivity index (χ1) is 35.5. The van der Waals surface area contributed by atoms with E-state index in [4.69, 9.17) is 34.5 Å². The van der Waals surface area contributed by atoms with E-state index in [-0.39, 0.29) is 68.3 Å². The number of aliphatic hydroxyl groups excluding tert-OH is 3. The second-order valence-electron chi connectivity index (χ2n) is 19.4. The summed E-state index contributed by atoms with van der Waals surface area (Å²) < 4.78 is 62.9. The number of rotatable bonds is 19. The lowest BCUT2D eigenvalue weighted by Crippen LogP contribution is -2.46. The molecule has 0 unspecified atom stereocenters. The number of ether oxygens (including phenoxy) is 2. The van der Waals surface area contributed by atoms with E-state index in [1.54, 1.807) is 43.3 Å². The Bertz CT molecular complexity index is 2760. The van der Waals surface area contributed by atoms with Gasteiger partial charge in [-0.1, -0.05) is 0 Å². The van der Waals surface area contributed by atoms with Crippen molar-refractivity contribution in [1.82, 2.24) is 30.6 Å². The Hall–Kier alpha value is -5.56. The van der Waals surface area contributed by atoms with Crippen molar-refractivity contribution < 1.29 is 51.2 Å². The number of amides is 4. The van der Waals surface area contributed by atoms with Gasteiger partial charge in [-0.25, -0.2) is 46.4 Å². The SMILES string of the molecule is CCNC(=O)Nc1ccc(-c2nc(N3CCOC[C@@H]3C)cc(C3(S(=O)(=O)CCCO)CCC3)n2)cc1.C[C@@H](CO)NC(=O)Nc1ccc(-c2nc(N3CCOC[C@@H]3C)cc(C3(S(=O)(=O)CCCO)CCC3)n2)cc1. The topological polar surface area (TPSA) is 288 Å². The molecule has 4 amide bonds. The van der Waals surface area contributed by atoms with Gasteiger partial charge in [-0.05, 0) is 128 Å². The third-order valence-electron chi connectivity index (χ3n) is 14.1. The molecule has 4 aromatic rings. The summed E-state index contributed by atoms with van der Waals surface area (Å²) in [6.45, 7) is 11.2. The van der Waals surface area contributed by atoms with Crippen molar-refractivity contribution in [2.75, 3.05) is 97.8 Å². The number of aliphatic hydroxyl groups is 3. The molecule has 7 N–H and O–H groups in total. The van der Waals surface area contributed by atoms with Crippen LogP contribution in [0.4, 0.5) is 32.6 Å². The summed E-state index contributed by atoms with van der Waals surface area (Å²) in [4.78, 5) is 47.5. The Labute approximate surface area is 434 Å². The van der Waals surface area contributed by atoms with E-state index in [2.05, 4.69) is 38.0 Å². The number of morpholine rings is 2. The number of aromatic nitrogens is 4. The van der Waals surface area contributed by atoms with Gasteiger partial charge in [0, 0.05) is 67.5 Å². The van der Waals surface area contributed by atoms with Gasteiger partial charge in [-0.15, -0.1) is 0 Å². The van der Waals surface area contributed by atoms with Crippen molar-refractivity contribution in [2.24, 2.45) is 0 Å². The first-order valence-electron chi connectivity index (χ1n) is 25.6. The Morgan fingerprint density at radius 1 is 0.676 bits per heavy atom. The van der Waals surface area contributed by atoms with Gasteiger partial charge in [0.25, 0.3) is 0 Å². The minimum Gasteiger partial charge on any atom is -0.396 e. The van der Waals surface area contributed by atoms with E-state index < -0.39 is 35.2 Å². The lowest BCUT2D eigenvalue weighted by Gasteiger charge is -2.41. The normalized spacial score (nSPS) is 19.7. The number of urea groups is 2. The van der Waals surface area contributed by atoms with Crippen molar-refractivity contribution in [3.05, 3.63) is 72.1 Å². The van der Waals surface area contributed by atoms with Gasteiger partial charge in [0.15, 0.2) is 31.3 Å². The first kappa shape index (κ1) is 56.2. The largest absolute Gasteiger partial charge is 0.396 e. The Balaban J connectivity index is 0.000000217. The highest BCUT2D eigenvalue weighted by atomic mass is 32.2. The van der Waals surface area contributed by atoms with Crippen LogP contribution in [-0.2, 0) is 38.6 Å². The van der Waals surface area contributed by atoms with Gasteiger partial charge in [0.1, 0.15) is 21.1 Å². The lowest BCUT2D eigenvalue weighted by molar-refractivity contribution is 0.0984. The molecule has 2 aromatic heterocycles. The van der Waals surface area contributed by atoms with Crippen molar-refractivity contribution in [2.45, 2.75) is 107 Å². The zero-order valence-corrected chi connectivity index (χ0v) is 44.4. The van der Waals surface area contributed by atoms with Gasteiger partial charge in [0.2, 0.25) is 0 Å². The fraction of sp³-hybridized carbons (Fsp3) is 0.569. The third kappa shape index (κ3) is 12.7. The minimum absolute atomic E-state index is 0.0640. The molecule has 2 saturated carbocycles. The number of sulfone groups is 2. The number of hydrogen-bond acceptors (Lipinski definition) is 17. The van der Waals surface area contributed by atoms with Crippen LogP contribution in [0.1, 0.15) is 90.4 Å². The monoisotopic (exact) mass is 1060 g/mol. The van der Waals surface area contributed by atoms with Gasteiger partial charge in [-0.3, -0.25) is 0 Å². The summed E-state index contributed by atoms with van der Waals surface area (Å²) in [5.74, 6) is 2.01. The summed E-state index contributed by atoms with van der Waals surface area (Å²) in [6, 6.07) is 16.9. The molecule has 21 nitrogen and oxygen atoms in total. The molecule has 2 aliphatic carbocycles. The molecule has 74 heavy (non-hydrogen) atoms. The van der Waals surface area contributed by atoms with Crippen LogP contribution in [0.25, 0.3) is 22.8 Å². The fourth-order valence-corrected chi connectivity index (χ4v) is 14.0. The van der Waals surface area contributed by atoms with Crippen LogP contribution in [-0.4, -0.2) is 160 Å². The zero-order valence-electron chi connectivity index (χ0n) is 42.8. The van der Waals surface area contributed by atoms with Crippen molar-refractivity contribution >= 4 is 54.7 Å². The average molecular weight is 1070 g/mol. The predicted octanol–water partition coefficient (Wildman–Crippen LogP) is 4.73. The van der Waals surface area contributed by atoms with E-state index in [9.17, 15) is 36.6 Å². The highest BCUT2D eigenvalue weighted by molar-refractivity contribution is 7.92. The van der Waals surface area contributed by atoms with Crippen molar-refractivity contribution in [3.63, 3.8) is 0 Å². The van der Waals surface area contributed by atoms with Crippen LogP contribution in [0.3, 0.4) is 0 Å². The van der Waals surface area contributed by atoms with Crippen LogP contribution in [0.2, 0.25) is 0 Å². The van der Waals surface area contributed by atoms with E-state index in [1.807, 2.05) is 38.1 Å². The zero-order chi connectivity index (χ0) is 53.1. The summed E-state index contributed by atoms with van der Waals surface area (Å²) in [6.07, 6.45) is 3.97. The standard InChI is InChI=1S/C26H37N5O6S.C25H35N5O5S/c1-18(16-33)27-25(34)28-21-7-5-20(6-8-21)24-29-22(15-23(30-24)31-11-13-37-17-19(31)2)26(9-3-10-26)38(35,36)14-4-12-32;1-3-26-24(32)27-20-8-6-19(7-9-20)23-28-21(16-22(29-23)30-12-14-35-17-18(30)2)25(10-4-11-25)36(33,34)15-5-13-31/h5-8,15,18-19,32-33H,3-4,9-14,16-17H2,1-2H3,(H2,27,28,34);6-9,16,18,31H,3-5,10-15,17H2,1-2H3,(H2,26,27,32)/t18-,19-;18-/m00/s1. The van der Waals surface area contributed by atoms with Crippen LogP contribution in [0, 0.1) is 0 Å². The average Bonchev–Trinajstić information content (AvgIpc) is 3.35. The Morgan fingerprint density at radius 3 is 1.45 bits per heavy atom. The maximum absolute atomic E-state index is 13.5. The first-order valence-corrected chi connectivity index (χ1v) is 28.9. The molecule has 4 heterocycles. The molecule has 0 spiro atoms. The van der Waals surface area contributed by atoms with E-state index in [1.165, 1.54) is 0 Å². The van der Waals surface area contributed by atoms with Gasteiger partial charge < -0.3 is 55.9 Å². The molecule has 2 aliphatic heterocycles. The number of carbonyl (C=O) groups is 2. The van der Waals surface area contributed by atoms with Gasteiger partial charge in [0.05, 0.1) is 74.1 Å². The van der Waals surface area contributed by atoms with Crippen molar-refractivity contribution in [1.29, 1.82) is 0 Å². The molecule has 404 valence electrons. The predicted molar refractivity (Wildman–Crippen MR) is 284 cm³/mol. The summed E-state index contributed by atoms with van der Waals surface area (Å²) >= 11 is 0. The van der Waals surface area contributed by atoms with Gasteiger partial charge >= 0.3 is 12.1 Å². The molecule has 4 fully saturated rings. The second kappa shape index (κ2) is 24.9. The Kier molecular flexibility index (Phi) is 18.9. The third-order valence-corrected chi connectivity index (χ3v) is 19.4. The molecular formula is C51H72N10O11S2. The summed E-state index contributed by atoms with van der Waals surface area (Å²) in [5, 5.41) is 38.5. The Morgan fingerprint density at radius 2 is 1.09 bits per heavy atom. The summed E-state index contributed by atoms with van der Waals surface area (Å²) in [5.41, 5.74) is 3.59. The molecule has 0 bridgehead atoms. The van der Waals surface area contributed by atoms with Gasteiger partial charge in [-0.2, -0.15) is 0 Å². The van der Waals surface area contributed by atoms with E-state index in [0.717, 1.165) is 18.4 Å². The second-order valence-corrected chi connectivity index (χ2v) is 24.3. The number of nitrogens with zero attached hydrogens (tertiary/aromatic N) is 6. The van der Waals surface area contributed by atoms with Crippen LogP contribution in [0.5, 0.6) is 0 Å². The fourth-order valence-electron chi connectivity index (χ4n) is 9.55. The number of anilines is 4. The van der Waals surface area contributed by atoms with Crippen LogP contribution < -0.4 is 31.1 Å². The maximum Gasteiger partial charge on any atom is 0.319 e. The molecule has 3 atom stereocenters. The maximum atomic E-state index is 13.5. The molecule has 0 radical (unpaired) electrons. The number of benzene rings is 2. The quantitative estimate of drug-likeness (QED) is 0.0668. The molecule has 8 rings (SSSR count).